The summed E-state index contributed by atoms with van der Waals surface area (Å²) < 4.78 is 5.71. The van der Waals surface area contributed by atoms with Gasteiger partial charge in [-0.1, -0.05) is 86.6 Å². The van der Waals surface area contributed by atoms with Crippen molar-refractivity contribution in [1.82, 2.24) is 68.8 Å². The second-order valence-electron chi connectivity index (χ2n) is 28.4. The Bertz CT molecular complexity index is 4370. The van der Waals surface area contributed by atoms with Crippen LogP contribution in [0.15, 0.2) is 97.2 Å². The Morgan fingerprint density at radius 2 is 1.19 bits per heavy atom. The Hall–Kier alpha value is -12.3. The highest BCUT2D eigenvalue weighted by atomic mass is 32.2. The Kier molecular flexibility index (Phi) is 35.3. The summed E-state index contributed by atoms with van der Waals surface area (Å²) in [5.74, 6) is -18.8. The number of fused-ring (bicyclic) bond motifs is 2. The molecule has 5 aromatic rings. The highest BCUT2D eigenvalue weighted by Gasteiger charge is 2.42. The molecule has 16 amide bonds. The number of hydrogen-bond acceptors (Lipinski definition) is 21. The van der Waals surface area contributed by atoms with Crippen molar-refractivity contribution >= 4 is 134 Å². The number of thioether (sulfide) groups is 1. The van der Waals surface area contributed by atoms with E-state index in [9.17, 15) is 72.5 Å². The SMILES string of the molecule is CC(=O)N[C@H]1CCSC[C@@H](C(=O)N[C@@H](Cc2ccc(OCCN)cc2)C(=O)N[C@@H](Cc2ccc3ccccc3c2)C(=O)N[C@@](C)(CC(C)C)C(=O)N[C@@H](CCC(N)=O)C(=O)N[C@@H](CC(=O)O)C(=O)NCC(N)=O)NC(=O)[C@H](CCC(N)=O)NC(=O)[C@H](Cc2c[nH]c3ccccc23)NC(=O)[C@H]([C@@H](C)O)NC(=O)[C@H](CCC(N)=O)NC1=O. The highest BCUT2D eigenvalue weighted by molar-refractivity contribution is 7.99. The number of aromatic amines is 1. The number of carboxylic acids is 1. The fourth-order valence-electron chi connectivity index (χ4n) is 12.6. The number of nitrogens with one attached hydrogen (secondary N) is 13. The van der Waals surface area contributed by atoms with Crippen molar-refractivity contribution in [2.45, 2.75) is 184 Å². The molecule has 0 saturated carbocycles. The van der Waals surface area contributed by atoms with Crippen LogP contribution >= 0.6 is 11.8 Å². The zero-order valence-electron chi connectivity index (χ0n) is 64.2. The van der Waals surface area contributed by atoms with Crippen molar-refractivity contribution in [3.63, 3.8) is 0 Å². The van der Waals surface area contributed by atoms with Crippen LogP contribution in [0, 0.1) is 5.92 Å². The monoisotopic (exact) mass is 1620 g/mol. The van der Waals surface area contributed by atoms with Crippen molar-refractivity contribution in [3.8, 4) is 5.75 Å². The number of carboxylic acid groups (broad SMARTS) is 1. The number of nitrogens with two attached hydrogens (primary N) is 5. The first kappa shape index (κ1) is 91.6. The highest BCUT2D eigenvalue weighted by Crippen LogP contribution is 2.24. The average molecular weight is 1620 g/mol. The molecule has 0 aliphatic carbocycles. The lowest BCUT2D eigenvalue weighted by atomic mass is 9.88. The number of primary amides is 4. The van der Waals surface area contributed by atoms with Crippen LogP contribution in [0.1, 0.15) is 109 Å². The number of aliphatic carboxylic acids is 1. The second-order valence-corrected chi connectivity index (χ2v) is 29.6. The summed E-state index contributed by atoms with van der Waals surface area (Å²) in [5, 5.41) is 53.0. The predicted molar refractivity (Wildman–Crippen MR) is 419 cm³/mol. The third-order valence-electron chi connectivity index (χ3n) is 18.3. The molecule has 0 spiro atoms. The van der Waals surface area contributed by atoms with Crippen molar-refractivity contribution in [1.29, 1.82) is 0 Å². The number of aliphatic hydroxyl groups excluding tert-OH is 1. The summed E-state index contributed by atoms with van der Waals surface area (Å²) in [6.45, 7) is 6.44. The summed E-state index contributed by atoms with van der Waals surface area (Å²) in [6, 6.07) is 8.16. The Balaban J connectivity index is 1.46. The minimum atomic E-state index is -2.06. The zero-order valence-corrected chi connectivity index (χ0v) is 65.0. The summed E-state index contributed by atoms with van der Waals surface area (Å²) in [6.07, 6.45) is -5.87. The molecule has 1 aliphatic heterocycles. The van der Waals surface area contributed by atoms with Gasteiger partial charge in [-0.15, -0.1) is 0 Å². The lowest BCUT2D eigenvalue weighted by Gasteiger charge is -2.35. The zero-order chi connectivity index (χ0) is 84.8. The van der Waals surface area contributed by atoms with Crippen LogP contribution in [0.3, 0.4) is 0 Å². The molecule has 622 valence electrons. The van der Waals surface area contributed by atoms with E-state index in [1.54, 1.807) is 105 Å². The van der Waals surface area contributed by atoms with Gasteiger partial charge in [0.25, 0.3) is 0 Å². The number of hydrogen-bond donors (Lipinski definition) is 20. The molecule has 4 aromatic carbocycles. The Morgan fingerprint density at radius 3 is 1.81 bits per heavy atom. The number of para-hydroxylation sites is 1. The number of aliphatic hydroxyl groups is 1. The largest absolute Gasteiger partial charge is 0.492 e. The van der Waals surface area contributed by atoms with E-state index in [0.29, 0.717) is 38.7 Å². The van der Waals surface area contributed by atoms with Gasteiger partial charge in [-0.2, -0.15) is 11.8 Å². The van der Waals surface area contributed by atoms with Crippen molar-refractivity contribution in [2.24, 2.45) is 34.6 Å². The van der Waals surface area contributed by atoms with E-state index in [2.05, 4.69) is 68.8 Å². The maximum atomic E-state index is 15.7. The Labute approximate surface area is 665 Å². The fraction of sp³-hybridized carbons (Fsp3) is 0.461. The molecule has 2 heterocycles. The van der Waals surface area contributed by atoms with E-state index in [-0.39, 0.29) is 44.6 Å². The van der Waals surface area contributed by atoms with Gasteiger partial charge in [0.05, 0.1) is 19.1 Å². The lowest BCUT2D eigenvalue weighted by Crippen LogP contribution is -2.65. The fourth-order valence-corrected chi connectivity index (χ4v) is 13.6. The molecule has 1 aromatic heterocycles. The van der Waals surface area contributed by atoms with Gasteiger partial charge in [-0.05, 0) is 103 Å². The number of H-pyrrole nitrogens is 1. The number of carbonyl (C=O) groups is 17. The summed E-state index contributed by atoms with van der Waals surface area (Å²) in [7, 11) is 0. The van der Waals surface area contributed by atoms with Crippen LogP contribution in [0.5, 0.6) is 5.75 Å². The smallest absolute Gasteiger partial charge is 0.305 e. The number of rotatable bonds is 37. The maximum Gasteiger partial charge on any atom is 0.305 e. The van der Waals surface area contributed by atoms with Gasteiger partial charge in [0.15, 0.2) is 0 Å². The molecular formula is C76H102N18O20S. The first-order valence-corrected chi connectivity index (χ1v) is 38.2. The van der Waals surface area contributed by atoms with Crippen LogP contribution in [0.4, 0.5) is 0 Å². The van der Waals surface area contributed by atoms with E-state index in [1.165, 1.54) is 6.92 Å². The average Bonchev–Trinajstić information content (AvgIpc) is 1.73. The first-order valence-electron chi connectivity index (χ1n) is 37.1. The molecule has 25 N–H and O–H groups in total. The number of benzene rings is 4. The molecule has 0 unspecified atom stereocenters. The van der Waals surface area contributed by atoms with E-state index in [0.717, 1.165) is 31.0 Å². The van der Waals surface area contributed by atoms with E-state index in [1.807, 2.05) is 6.07 Å². The molecule has 1 saturated heterocycles. The molecule has 1 aliphatic rings. The summed E-state index contributed by atoms with van der Waals surface area (Å²) in [4.78, 5) is 238. The number of amides is 16. The molecule has 0 radical (unpaired) electrons. The molecule has 39 heteroatoms. The van der Waals surface area contributed by atoms with Gasteiger partial charge >= 0.3 is 5.97 Å². The van der Waals surface area contributed by atoms with Crippen LogP contribution in [0.2, 0.25) is 0 Å². The van der Waals surface area contributed by atoms with E-state index in [4.69, 9.17) is 33.4 Å². The van der Waals surface area contributed by atoms with Crippen molar-refractivity contribution in [3.05, 3.63) is 114 Å². The summed E-state index contributed by atoms with van der Waals surface area (Å²) in [5.41, 5.74) is 27.3. The summed E-state index contributed by atoms with van der Waals surface area (Å²) >= 11 is 0.919. The molecule has 38 nitrogen and oxygen atoms in total. The molecule has 1 fully saturated rings. The minimum Gasteiger partial charge on any atom is -0.492 e. The number of aromatic nitrogens is 1. The second kappa shape index (κ2) is 44.3. The van der Waals surface area contributed by atoms with Crippen LogP contribution < -0.4 is 97.2 Å². The van der Waals surface area contributed by atoms with Gasteiger partial charge in [0, 0.05) is 74.8 Å². The first-order chi connectivity index (χ1) is 54.4. The van der Waals surface area contributed by atoms with E-state index >= 15 is 19.2 Å². The molecule has 0 bridgehead atoms. The minimum absolute atomic E-state index is 0.115. The van der Waals surface area contributed by atoms with Crippen molar-refractivity contribution < 1.29 is 96.5 Å². The van der Waals surface area contributed by atoms with E-state index < -0.39 is 242 Å². The predicted octanol–water partition coefficient (Wildman–Crippen LogP) is -4.13. The van der Waals surface area contributed by atoms with Crippen LogP contribution in [-0.2, 0) is 101 Å². The molecule has 12 atom stereocenters. The Morgan fingerprint density at radius 1 is 0.617 bits per heavy atom. The third kappa shape index (κ3) is 29.7. The standard InChI is InChI=1S/C76H102N18O20S/c1-39(2)35-76(5,75(113)92-52(22-25-61(80)99)67(105)89-57(34-63(101)102)65(103)83-37-62(81)100)94-73(111)55(32-43-14-17-44-10-6-7-11-45(44)30-43)88-70(108)54(31-42-15-18-47(19-16-42)114-28-27-77)87-72(110)58-38-115-29-26-53(84-41(4)96)68(106)85-51(21-24-60(79)98)69(107)93-64(40(3)95)74(112)90-56(33-46-36-82-49-13-9-8-12-48(46)49)71(109)86-50(66(104)91-58)20-23-59(78)97/h6-19,30,36,39-40,50-58,64,82,95H,20-29,31-35,37-38,77H2,1-5H3,(H2,78,97)(H2,79,98)(H2,80,99)(H2,81,100)(H,83,103)(H,84,96)(H,85,106)(H,86,109)(H,87,110)(H,88,108)(H,89,105)(H,90,112)(H,91,104)(H,92,113)(H,93,107)(H,94,111)(H,101,102)/t40-,50+,51+,52+,53+,54+,55+,56+,57+,58+,64+,76+/m1/s1. The maximum absolute atomic E-state index is 15.7. The normalized spacial score (nSPS) is 19.0. The topological polar surface area (TPSA) is 630 Å². The third-order valence-corrected chi connectivity index (χ3v) is 19.4. The van der Waals surface area contributed by atoms with Gasteiger partial charge in [0.2, 0.25) is 94.5 Å². The van der Waals surface area contributed by atoms with Crippen molar-refractivity contribution in [2.75, 3.05) is 31.2 Å². The van der Waals surface area contributed by atoms with Gasteiger partial charge in [0.1, 0.15) is 78.3 Å². The molecular weight excluding hydrogens is 1520 g/mol. The number of ether oxygens (including phenoxy) is 1. The molecule has 115 heavy (non-hydrogen) atoms. The van der Waals surface area contributed by atoms with Crippen LogP contribution in [-0.4, -0.2) is 219 Å². The van der Waals surface area contributed by atoms with Gasteiger partial charge in [-0.25, -0.2) is 0 Å². The quantitative estimate of drug-likeness (QED) is 0.0180. The number of carbonyl (C=O) groups excluding carboxylic acids is 16. The lowest BCUT2D eigenvalue weighted by molar-refractivity contribution is -0.141. The molecule has 6 rings (SSSR count). The van der Waals surface area contributed by atoms with Gasteiger partial charge < -0.3 is 112 Å². The van der Waals surface area contributed by atoms with Gasteiger partial charge in [-0.3, -0.25) is 81.5 Å². The van der Waals surface area contributed by atoms with Crippen LogP contribution in [0.25, 0.3) is 21.7 Å².